The second-order valence-electron chi connectivity index (χ2n) is 3.67. The van der Waals surface area contributed by atoms with Gasteiger partial charge in [-0.05, 0) is 41.4 Å². The molecule has 2 heterocycles. The van der Waals surface area contributed by atoms with Crippen molar-refractivity contribution in [3.63, 3.8) is 0 Å². The highest BCUT2D eigenvalue weighted by atomic mass is 35.5. The van der Waals surface area contributed by atoms with Crippen molar-refractivity contribution in [1.82, 2.24) is 9.97 Å². The van der Waals surface area contributed by atoms with Crippen molar-refractivity contribution >= 4 is 55.5 Å². The van der Waals surface area contributed by atoms with Crippen LogP contribution in [0.5, 0.6) is 0 Å². The summed E-state index contributed by atoms with van der Waals surface area (Å²) in [6, 6.07) is 11.8. The van der Waals surface area contributed by atoms with Gasteiger partial charge in [0.25, 0.3) is 0 Å². The maximum Gasteiger partial charge on any atom is 0.313 e. The zero-order valence-corrected chi connectivity index (χ0v) is 11.2. The first-order valence-corrected chi connectivity index (χ1v) is 6.08. The van der Waals surface area contributed by atoms with Gasteiger partial charge in [-0.15, -0.1) is 0 Å². The summed E-state index contributed by atoms with van der Waals surface area (Å²) in [7, 11) is 0. The van der Waals surface area contributed by atoms with Crippen molar-refractivity contribution < 1.29 is 4.79 Å². The van der Waals surface area contributed by atoms with Crippen molar-refractivity contribution in [1.29, 1.82) is 0 Å². The maximum atomic E-state index is 8.98. The van der Waals surface area contributed by atoms with E-state index in [2.05, 4.69) is 33.2 Å². The first-order valence-electron chi connectivity index (χ1n) is 5.33. The number of carbonyl (C=O) groups excluding carboxylic acids is 1. The highest BCUT2D eigenvalue weighted by Gasteiger charge is 2.02. The van der Waals surface area contributed by atoms with Crippen LogP contribution in [0.4, 0.5) is 10.6 Å². The number of benzene rings is 1. The van der Waals surface area contributed by atoms with E-state index in [1.165, 1.54) is 0 Å². The van der Waals surface area contributed by atoms with E-state index in [9.17, 15) is 0 Å². The number of hydrogen-bond acceptors (Lipinski definition) is 4. The minimum absolute atomic E-state index is 0.528. The molecule has 19 heavy (non-hydrogen) atoms. The molecular formula is C13H9Cl2N3O. The van der Waals surface area contributed by atoms with Crippen LogP contribution in [0.2, 0.25) is 0 Å². The smallest absolute Gasteiger partial charge is 0.313 e. The van der Waals surface area contributed by atoms with Gasteiger partial charge in [-0.3, -0.25) is 9.78 Å². The van der Waals surface area contributed by atoms with Crippen LogP contribution in [0.1, 0.15) is 0 Å². The molecule has 2 N–H and O–H groups in total. The quantitative estimate of drug-likeness (QED) is 0.503. The number of hydrogen-bond donors (Lipinski definition) is 1. The van der Waals surface area contributed by atoms with Gasteiger partial charge in [0.1, 0.15) is 5.82 Å². The van der Waals surface area contributed by atoms with Crippen LogP contribution in [-0.2, 0) is 0 Å². The van der Waals surface area contributed by atoms with Crippen LogP contribution < -0.4 is 5.73 Å². The lowest BCUT2D eigenvalue weighted by molar-refractivity contribution is 0.275. The zero-order valence-electron chi connectivity index (χ0n) is 9.68. The van der Waals surface area contributed by atoms with Gasteiger partial charge in [-0.2, -0.15) is 0 Å². The molecule has 0 unspecified atom stereocenters. The molecule has 0 aliphatic carbocycles. The Kier molecular flexibility index (Phi) is 4.14. The molecular weight excluding hydrogens is 285 g/mol. The Morgan fingerprint density at radius 1 is 1.00 bits per heavy atom. The summed E-state index contributed by atoms with van der Waals surface area (Å²) < 4.78 is -0.889. The normalized spacial score (nSPS) is 10.0. The second kappa shape index (κ2) is 5.82. The molecule has 0 bridgehead atoms. The first kappa shape index (κ1) is 13.5. The van der Waals surface area contributed by atoms with Gasteiger partial charge in [0.2, 0.25) is 0 Å². The van der Waals surface area contributed by atoms with E-state index < -0.39 is 4.70 Å². The molecule has 1 aromatic carbocycles. The topological polar surface area (TPSA) is 68.9 Å². The molecule has 0 radical (unpaired) electrons. The van der Waals surface area contributed by atoms with Gasteiger partial charge in [0, 0.05) is 17.0 Å². The van der Waals surface area contributed by atoms with E-state index in [1.807, 2.05) is 30.3 Å². The summed E-state index contributed by atoms with van der Waals surface area (Å²) in [5.41, 5.74) is 7.45. The number of fused-ring (bicyclic) bond motifs is 3. The largest absolute Gasteiger partial charge is 0.384 e. The van der Waals surface area contributed by atoms with Crippen LogP contribution in [-0.4, -0.2) is 14.7 Å². The van der Waals surface area contributed by atoms with Crippen molar-refractivity contribution in [2.45, 2.75) is 0 Å². The third-order valence-corrected chi connectivity index (χ3v) is 2.45. The average molecular weight is 294 g/mol. The van der Waals surface area contributed by atoms with Crippen LogP contribution in [0.15, 0.2) is 42.6 Å². The van der Waals surface area contributed by atoms with Crippen LogP contribution in [0.25, 0.3) is 21.8 Å². The molecule has 0 aliphatic heterocycles. The summed E-state index contributed by atoms with van der Waals surface area (Å²) in [4.78, 5) is 17.6. The summed E-state index contributed by atoms with van der Waals surface area (Å²) in [5.74, 6) is 0.528. The van der Waals surface area contributed by atoms with Gasteiger partial charge in [-0.1, -0.05) is 18.2 Å². The molecule has 0 fully saturated rings. The van der Waals surface area contributed by atoms with Gasteiger partial charge in [0.05, 0.1) is 11.0 Å². The van der Waals surface area contributed by atoms with E-state index in [0.29, 0.717) is 5.82 Å². The van der Waals surface area contributed by atoms with E-state index in [0.717, 1.165) is 21.8 Å². The average Bonchev–Trinajstić information content (AvgIpc) is 2.38. The highest BCUT2D eigenvalue weighted by Crippen LogP contribution is 2.22. The minimum Gasteiger partial charge on any atom is -0.384 e. The van der Waals surface area contributed by atoms with Crippen LogP contribution >= 0.6 is 23.2 Å². The molecule has 2 aromatic heterocycles. The third-order valence-electron chi connectivity index (χ3n) is 2.45. The number of halogens is 2. The Morgan fingerprint density at radius 3 is 2.26 bits per heavy atom. The fourth-order valence-corrected chi connectivity index (χ4v) is 1.74. The number of nitrogens with two attached hydrogens (primary N) is 1. The van der Waals surface area contributed by atoms with Crippen LogP contribution in [0, 0.1) is 0 Å². The molecule has 6 heteroatoms. The van der Waals surface area contributed by atoms with E-state index >= 15 is 0 Å². The second-order valence-corrected chi connectivity index (χ2v) is 4.55. The Bertz CT molecular complexity index is 742. The Balaban J connectivity index is 0.000000297. The molecule has 3 aromatic rings. The van der Waals surface area contributed by atoms with E-state index in [4.69, 9.17) is 10.5 Å². The van der Waals surface area contributed by atoms with Crippen LogP contribution in [0.3, 0.4) is 0 Å². The maximum absolute atomic E-state index is 8.98. The lowest BCUT2D eigenvalue weighted by Crippen LogP contribution is -1.91. The lowest BCUT2D eigenvalue weighted by atomic mass is 10.1. The molecule has 0 amide bonds. The lowest BCUT2D eigenvalue weighted by Gasteiger charge is -2.02. The van der Waals surface area contributed by atoms with E-state index in [1.54, 1.807) is 12.3 Å². The first-order chi connectivity index (χ1) is 9.08. The van der Waals surface area contributed by atoms with Gasteiger partial charge in [-0.25, -0.2) is 4.98 Å². The van der Waals surface area contributed by atoms with Gasteiger partial charge < -0.3 is 5.73 Å². The number of nitrogens with zero attached hydrogens (tertiary/aromatic N) is 2. The Hall–Kier alpha value is -1.91. The molecule has 3 rings (SSSR count). The number of aromatic nitrogens is 2. The fraction of sp³-hybridized carbons (Fsp3) is 0. The molecule has 0 saturated carbocycles. The number of rotatable bonds is 0. The number of nitrogen functional groups attached to an aromatic ring is 1. The molecule has 4 nitrogen and oxygen atoms in total. The predicted octanol–water partition coefficient (Wildman–Crippen LogP) is 3.95. The standard InChI is InChI=1S/C12H9N3.CCl2O/c13-10-6-5-9-4-3-8-2-1-7-14-11(8)12(9)15-10;2-1(3)4/h1-7H,(H2,13,15);. The highest BCUT2D eigenvalue weighted by molar-refractivity contribution is 6.93. The van der Waals surface area contributed by atoms with Gasteiger partial charge in [0.15, 0.2) is 0 Å². The molecule has 0 spiro atoms. The fourth-order valence-electron chi connectivity index (χ4n) is 1.74. The zero-order chi connectivity index (χ0) is 13.8. The third kappa shape index (κ3) is 3.30. The number of pyridine rings is 2. The summed E-state index contributed by atoms with van der Waals surface area (Å²) in [6.45, 7) is 0. The summed E-state index contributed by atoms with van der Waals surface area (Å²) in [5, 5.41) is 2.15. The van der Waals surface area contributed by atoms with Crippen molar-refractivity contribution in [2.75, 3.05) is 5.73 Å². The summed E-state index contributed by atoms with van der Waals surface area (Å²) in [6.07, 6.45) is 1.77. The van der Waals surface area contributed by atoms with Crippen molar-refractivity contribution in [2.24, 2.45) is 0 Å². The molecule has 0 atom stereocenters. The summed E-state index contributed by atoms with van der Waals surface area (Å²) >= 11 is 8.80. The SMILES string of the molecule is Nc1ccc2ccc3cccnc3c2n1.O=C(Cl)Cl. The van der Waals surface area contributed by atoms with Crippen molar-refractivity contribution in [3.8, 4) is 0 Å². The monoisotopic (exact) mass is 293 g/mol. The van der Waals surface area contributed by atoms with E-state index in [-0.39, 0.29) is 0 Å². The Morgan fingerprint density at radius 2 is 1.58 bits per heavy atom. The Labute approximate surface area is 119 Å². The number of carbonyl (C=O) groups is 1. The van der Waals surface area contributed by atoms with Crippen molar-refractivity contribution in [3.05, 3.63) is 42.6 Å². The minimum atomic E-state index is -0.889. The molecule has 96 valence electrons. The molecule has 0 saturated heterocycles. The predicted molar refractivity (Wildman–Crippen MR) is 78.6 cm³/mol. The van der Waals surface area contributed by atoms with Gasteiger partial charge >= 0.3 is 4.70 Å². The number of anilines is 1. The molecule has 0 aliphatic rings.